The van der Waals surface area contributed by atoms with Crippen molar-refractivity contribution in [3.63, 3.8) is 0 Å². The second kappa shape index (κ2) is 5.95. The number of carboxylic acid groups (broad SMARTS) is 1. The molecule has 1 aliphatic rings. The van der Waals surface area contributed by atoms with Gasteiger partial charge in [0.05, 0.1) is 6.54 Å². The lowest BCUT2D eigenvalue weighted by molar-refractivity contribution is -0.138. The molecule has 0 aliphatic carbocycles. The molecule has 0 saturated carbocycles. The first-order chi connectivity index (χ1) is 8.67. The molecule has 6 nitrogen and oxygen atoms in total. The van der Waals surface area contributed by atoms with Gasteiger partial charge in [0.2, 0.25) is 11.8 Å². The highest BCUT2D eigenvalue weighted by Gasteiger charge is 2.22. The third kappa shape index (κ3) is 3.53. The monoisotopic (exact) mass is 253 g/mol. The fraction of sp³-hybridized carbons (Fsp3) is 0.750. The molecule has 0 amide bonds. The number of aromatic nitrogens is 2. The number of hydrogen-bond acceptors (Lipinski definition) is 5. The normalized spacial score (nSPS) is 18.1. The van der Waals surface area contributed by atoms with Gasteiger partial charge in [0, 0.05) is 12.8 Å². The molecule has 1 aromatic rings. The van der Waals surface area contributed by atoms with Gasteiger partial charge in [-0.3, -0.25) is 9.69 Å². The number of carboxylic acids is 1. The molecule has 1 fully saturated rings. The second-order valence-electron chi connectivity index (χ2n) is 4.76. The predicted octanol–water partition coefficient (Wildman–Crippen LogP) is 1.32. The van der Waals surface area contributed by atoms with Gasteiger partial charge in [0.15, 0.2) is 0 Å². The maximum Gasteiger partial charge on any atom is 0.303 e. The molecule has 0 atom stereocenters. The van der Waals surface area contributed by atoms with Gasteiger partial charge in [-0.05, 0) is 31.8 Å². The van der Waals surface area contributed by atoms with E-state index in [2.05, 4.69) is 15.1 Å². The van der Waals surface area contributed by atoms with Crippen molar-refractivity contribution < 1.29 is 14.3 Å². The molecule has 0 bridgehead atoms. The van der Waals surface area contributed by atoms with Crippen LogP contribution in [0.1, 0.15) is 38.0 Å². The summed E-state index contributed by atoms with van der Waals surface area (Å²) in [5, 5.41) is 16.7. The highest BCUT2D eigenvalue weighted by Crippen LogP contribution is 2.21. The molecule has 0 spiro atoms. The van der Waals surface area contributed by atoms with Gasteiger partial charge in [-0.25, -0.2) is 0 Å². The highest BCUT2D eigenvalue weighted by molar-refractivity contribution is 5.67. The van der Waals surface area contributed by atoms with E-state index in [-0.39, 0.29) is 6.42 Å². The summed E-state index contributed by atoms with van der Waals surface area (Å²) in [7, 11) is 0. The van der Waals surface area contributed by atoms with E-state index in [1.165, 1.54) is 0 Å². The summed E-state index contributed by atoms with van der Waals surface area (Å²) >= 11 is 0. The summed E-state index contributed by atoms with van der Waals surface area (Å²) in [6.07, 6.45) is 2.91. The van der Waals surface area contributed by atoms with Gasteiger partial charge >= 0.3 is 5.97 Å². The molecule has 0 radical (unpaired) electrons. The van der Waals surface area contributed by atoms with Crippen LogP contribution in [0.25, 0.3) is 0 Å². The fourth-order valence-electron chi connectivity index (χ4n) is 2.28. The fourth-order valence-corrected chi connectivity index (χ4v) is 2.28. The minimum absolute atomic E-state index is 0.286. The highest BCUT2D eigenvalue weighted by atomic mass is 16.4. The van der Waals surface area contributed by atoms with E-state index < -0.39 is 5.97 Å². The minimum atomic E-state index is -0.696. The van der Waals surface area contributed by atoms with Gasteiger partial charge < -0.3 is 9.52 Å². The second-order valence-corrected chi connectivity index (χ2v) is 4.76. The Morgan fingerprint density at radius 2 is 2.06 bits per heavy atom. The zero-order valence-corrected chi connectivity index (χ0v) is 10.6. The lowest BCUT2D eigenvalue weighted by Crippen LogP contribution is -2.34. The zero-order valence-electron chi connectivity index (χ0n) is 10.6. The quantitative estimate of drug-likeness (QED) is 0.852. The molecule has 0 unspecified atom stereocenters. The molecule has 1 N–H and O–H groups in total. The Morgan fingerprint density at radius 3 is 2.61 bits per heavy atom. The molecule has 1 saturated heterocycles. The van der Waals surface area contributed by atoms with Crippen LogP contribution in [0.3, 0.4) is 0 Å². The van der Waals surface area contributed by atoms with Gasteiger partial charge in [0.1, 0.15) is 0 Å². The maximum absolute atomic E-state index is 10.6. The number of piperidine rings is 1. The first kappa shape index (κ1) is 13.0. The van der Waals surface area contributed by atoms with Crippen LogP contribution in [0.4, 0.5) is 0 Å². The minimum Gasteiger partial charge on any atom is -0.481 e. The molecule has 0 aromatic carbocycles. The number of carbonyl (C=O) groups is 1. The lowest BCUT2D eigenvalue weighted by atomic mass is 9.94. The van der Waals surface area contributed by atoms with Crippen LogP contribution in [0.2, 0.25) is 0 Å². The number of rotatable bonds is 5. The first-order valence-corrected chi connectivity index (χ1v) is 6.42. The van der Waals surface area contributed by atoms with E-state index in [9.17, 15) is 4.79 Å². The van der Waals surface area contributed by atoms with E-state index >= 15 is 0 Å². The Balaban J connectivity index is 1.78. The SMILES string of the molecule is CCc1nnc(CN2CCC(CC(=O)O)CC2)o1. The van der Waals surface area contributed by atoms with Crippen molar-refractivity contribution >= 4 is 5.97 Å². The molecule has 2 rings (SSSR count). The summed E-state index contributed by atoms with van der Waals surface area (Å²) in [6, 6.07) is 0. The smallest absolute Gasteiger partial charge is 0.303 e. The summed E-state index contributed by atoms with van der Waals surface area (Å²) < 4.78 is 5.47. The Morgan fingerprint density at radius 1 is 1.39 bits per heavy atom. The third-order valence-electron chi connectivity index (χ3n) is 3.34. The molecule has 1 aromatic heterocycles. The van der Waals surface area contributed by atoms with Crippen molar-refractivity contribution in [3.8, 4) is 0 Å². The Labute approximate surface area is 106 Å². The molecule has 2 heterocycles. The van der Waals surface area contributed by atoms with Crippen molar-refractivity contribution in [2.24, 2.45) is 5.92 Å². The van der Waals surface area contributed by atoms with Gasteiger partial charge in [-0.15, -0.1) is 10.2 Å². The average Bonchev–Trinajstić information content (AvgIpc) is 2.79. The number of aliphatic carboxylic acids is 1. The van der Waals surface area contributed by atoms with Crippen LogP contribution in [-0.4, -0.2) is 39.3 Å². The lowest BCUT2D eigenvalue weighted by Gasteiger charge is -2.30. The summed E-state index contributed by atoms with van der Waals surface area (Å²) in [5.74, 6) is 0.944. The van der Waals surface area contributed by atoms with Gasteiger partial charge in [-0.1, -0.05) is 6.92 Å². The van der Waals surface area contributed by atoms with Gasteiger partial charge in [0.25, 0.3) is 0 Å². The van der Waals surface area contributed by atoms with Crippen molar-refractivity contribution in [1.82, 2.24) is 15.1 Å². The van der Waals surface area contributed by atoms with Crippen LogP contribution in [-0.2, 0) is 17.8 Å². The number of likely N-dealkylation sites (tertiary alicyclic amines) is 1. The van der Waals surface area contributed by atoms with E-state index in [0.717, 1.165) is 32.4 Å². The number of hydrogen-bond donors (Lipinski definition) is 1. The first-order valence-electron chi connectivity index (χ1n) is 6.42. The summed E-state index contributed by atoms with van der Waals surface area (Å²) in [6.45, 7) is 4.46. The van der Waals surface area contributed by atoms with Crippen molar-refractivity contribution in [1.29, 1.82) is 0 Å². The van der Waals surface area contributed by atoms with Crippen LogP contribution < -0.4 is 0 Å². The van der Waals surface area contributed by atoms with Crippen LogP contribution in [0.5, 0.6) is 0 Å². The molecular formula is C12H19N3O3. The molecule has 100 valence electrons. The molecule has 18 heavy (non-hydrogen) atoms. The molecular weight excluding hydrogens is 234 g/mol. The van der Waals surface area contributed by atoms with E-state index in [1.807, 2.05) is 6.92 Å². The number of aryl methyl sites for hydroxylation is 1. The van der Waals surface area contributed by atoms with Crippen molar-refractivity contribution in [2.75, 3.05) is 13.1 Å². The largest absolute Gasteiger partial charge is 0.481 e. The van der Waals surface area contributed by atoms with E-state index in [0.29, 0.717) is 24.2 Å². The standard InChI is InChI=1S/C12H19N3O3/c1-2-10-13-14-11(18-10)8-15-5-3-9(4-6-15)7-12(16)17/h9H,2-8H2,1H3,(H,16,17). The van der Waals surface area contributed by atoms with Crippen molar-refractivity contribution in [3.05, 3.63) is 11.8 Å². The molecule has 1 aliphatic heterocycles. The van der Waals surface area contributed by atoms with Crippen LogP contribution in [0.15, 0.2) is 4.42 Å². The van der Waals surface area contributed by atoms with Crippen molar-refractivity contribution in [2.45, 2.75) is 39.2 Å². The topological polar surface area (TPSA) is 79.5 Å². The average molecular weight is 253 g/mol. The zero-order chi connectivity index (χ0) is 13.0. The Bertz CT molecular complexity index is 397. The van der Waals surface area contributed by atoms with Crippen LogP contribution in [0, 0.1) is 5.92 Å². The van der Waals surface area contributed by atoms with Gasteiger partial charge in [-0.2, -0.15) is 0 Å². The maximum atomic E-state index is 10.6. The van der Waals surface area contributed by atoms with E-state index in [4.69, 9.17) is 9.52 Å². The van der Waals surface area contributed by atoms with Crippen LogP contribution >= 0.6 is 0 Å². The number of nitrogens with zero attached hydrogens (tertiary/aromatic N) is 3. The molecule has 6 heteroatoms. The summed E-state index contributed by atoms with van der Waals surface area (Å²) in [5.41, 5.74) is 0. The summed E-state index contributed by atoms with van der Waals surface area (Å²) in [4.78, 5) is 12.9. The third-order valence-corrected chi connectivity index (χ3v) is 3.34. The Hall–Kier alpha value is -1.43. The Kier molecular flexibility index (Phi) is 4.30. The van der Waals surface area contributed by atoms with E-state index in [1.54, 1.807) is 0 Å². The predicted molar refractivity (Wildman–Crippen MR) is 63.9 cm³/mol.